The Kier molecular flexibility index (Phi) is 4.75. The Morgan fingerprint density at radius 2 is 1.79 bits per heavy atom. The normalized spacial score (nSPS) is 14.4. The first-order valence-corrected chi connectivity index (χ1v) is 9.18. The predicted molar refractivity (Wildman–Crippen MR) is 103 cm³/mol. The number of fused-ring (bicyclic) bond motifs is 1. The second kappa shape index (κ2) is 7.38. The maximum Gasteiger partial charge on any atom is 0.264 e. The summed E-state index contributed by atoms with van der Waals surface area (Å²) >= 11 is 0. The molecule has 1 aliphatic heterocycles. The van der Waals surface area contributed by atoms with Crippen molar-refractivity contribution in [1.29, 1.82) is 0 Å². The molecule has 1 fully saturated rings. The average Bonchev–Trinajstić information content (AvgIpc) is 3.11. The van der Waals surface area contributed by atoms with Gasteiger partial charge in [-0.3, -0.25) is 23.6 Å². The molecule has 3 aromatic rings. The van der Waals surface area contributed by atoms with Crippen molar-refractivity contribution >= 4 is 22.8 Å². The highest BCUT2D eigenvalue weighted by Gasteiger charge is 2.26. The first-order chi connectivity index (χ1) is 14.0. The minimum Gasteiger partial charge on any atom is -0.507 e. The number of piperazine rings is 1. The first kappa shape index (κ1) is 18.7. The summed E-state index contributed by atoms with van der Waals surface area (Å²) in [5, 5.41) is 14.2. The van der Waals surface area contributed by atoms with Crippen molar-refractivity contribution < 1.29 is 14.7 Å². The van der Waals surface area contributed by atoms with Crippen LogP contribution in [0.4, 0.5) is 0 Å². The Morgan fingerprint density at radius 3 is 2.52 bits per heavy atom. The van der Waals surface area contributed by atoms with Crippen LogP contribution in [-0.4, -0.2) is 72.2 Å². The molecule has 4 rings (SSSR count). The SMILES string of the molecule is Cn1ncc2c(=O)n(CC(=O)N3CCN(C(=O)c4ccccc4O)CC3)cnc21. The molecular formula is C19H20N6O4. The number of aryl methyl sites for hydroxylation is 1. The van der Waals surface area contributed by atoms with Gasteiger partial charge in [0.05, 0.1) is 11.8 Å². The van der Waals surface area contributed by atoms with Crippen molar-refractivity contribution in [2.75, 3.05) is 26.2 Å². The van der Waals surface area contributed by atoms with E-state index in [0.717, 1.165) is 0 Å². The molecule has 1 aliphatic rings. The van der Waals surface area contributed by atoms with Crippen molar-refractivity contribution in [3.8, 4) is 5.75 Å². The molecule has 0 atom stereocenters. The van der Waals surface area contributed by atoms with E-state index in [9.17, 15) is 19.5 Å². The molecule has 1 aromatic carbocycles. The fourth-order valence-electron chi connectivity index (χ4n) is 3.41. The third-order valence-corrected chi connectivity index (χ3v) is 5.08. The molecule has 150 valence electrons. The lowest BCUT2D eigenvalue weighted by molar-refractivity contribution is -0.133. The maximum atomic E-state index is 12.6. The summed E-state index contributed by atoms with van der Waals surface area (Å²) < 4.78 is 2.77. The summed E-state index contributed by atoms with van der Waals surface area (Å²) in [5.74, 6) is -0.543. The van der Waals surface area contributed by atoms with Crippen LogP contribution in [0.3, 0.4) is 0 Å². The van der Waals surface area contributed by atoms with Crippen LogP contribution in [0.25, 0.3) is 11.0 Å². The molecule has 10 heteroatoms. The van der Waals surface area contributed by atoms with Crippen LogP contribution in [-0.2, 0) is 18.4 Å². The largest absolute Gasteiger partial charge is 0.507 e. The molecule has 1 saturated heterocycles. The van der Waals surface area contributed by atoms with Gasteiger partial charge in [0.25, 0.3) is 11.5 Å². The summed E-state index contributed by atoms with van der Waals surface area (Å²) in [6.45, 7) is 1.30. The Hall–Kier alpha value is -3.69. The molecule has 2 aromatic heterocycles. The van der Waals surface area contributed by atoms with Crippen LogP contribution < -0.4 is 5.56 Å². The van der Waals surface area contributed by atoms with Crippen molar-refractivity contribution in [3.05, 3.63) is 52.7 Å². The van der Waals surface area contributed by atoms with Crippen LogP contribution in [0.15, 0.2) is 41.6 Å². The number of nitrogens with zero attached hydrogens (tertiary/aromatic N) is 6. The maximum absolute atomic E-state index is 12.6. The van der Waals surface area contributed by atoms with E-state index >= 15 is 0 Å². The highest BCUT2D eigenvalue weighted by molar-refractivity contribution is 5.97. The quantitative estimate of drug-likeness (QED) is 0.657. The molecule has 0 saturated carbocycles. The molecule has 3 heterocycles. The van der Waals surface area contributed by atoms with E-state index in [1.165, 1.54) is 27.8 Å². The van der Waals surface area contributed by atoms with Crippen LogP contribution in [0.5, 0.6) is 5.75 Å². The van der Waals surface area contributed by atoms with E-state index in [1.54, 1.807) is 35.0 Å². The van der Waals surface area contributed by atoms with Gasteiger partial charge in [0, 0.05) is 33.2 Å². The zero-order valence-electron chi connectivity index (χ0n) is 15.9. The van der Waals surface area contributed by atoms with Gasteiger partial charge >= 0.3 is 0 Å². The molecule has 1 N–H and O–H groups in total. The van der Waals surface area contributed by atoms with E-state index in [2.05, 4.69) is 10.1 Å². The number of phenols is 1. The number of hydrogen-bond donors (Lipinski definition) is 1. The standard InChI is InChI=1S/C19H20N6O4/c1-22-17-14(10-21-22)19(29)25(12-20-17)11-16(27)23-6-8-24(9-7-23)18(28)13-4-2-3-5-15(13)26/h2-5,10,12,26H,6-9,11H2,1H3. The molecular weight excluding hydrogens is 376 g/mol. The molecule has 0 bridgehead atoms. The van der Waals surface area contributed by atoms with Crippen molar-refractivity contribution in [2.24, 2.45) is 7.05 Å². The second-order valence-corrected chi connectivity index (χ2v) is 6.87. The Morgan fingerprint density at radius 1 is 1.10 bits per heavy atom. The molecule has 0 radical (unpaired) electrons. The van der Waals surface area contributed by atoms with Crippen LogP contribution in [0, 0.1) is 0 Å². The second-order valence-electron chi connectivity index (χ2n) is 6.87. The van der Waals surface area contributed by atoms with Gasteiger partial charge in [-0.2, -0.15) is 5.10 Å². The van der Waals surface area contributed by atoms with Gasteiger partial charge in [-0.05, 0) is 12.1 Å². The topological polar surface area (TPSA) is 114 Å². The first-order valence-electron chi connectivity index (χ1n) is 9.18. The number of aromatic nitrogens is 4. The lowest BCUT2D eigenvalue weighted by Gasteiger charge is -2.35. The van der Waals surface area contributed by atoms with E-state index in [1.807, 2.05) is 0 Å². The van der Waals surface area contributed by atoms with Crippen LogP contribution in [0.2, 0.25) is 0 Å². The van der Waals surface area contributed by atoms with Crippen molar-refractivity contribution in [2.45, 2.75) is 6.54 Å². The average molecular weight is 396 g/mol. The van der Waals surface area contributed by atoms with Gasteiger partial charge in [-0.15, -0.1) is 0 Å². The number of carbonyl (C=O) groups excluding carboxylic acids is 2. The summed E-state index contributed by atoms with van der Waals surface area (Å²) in [5.41, 5.74) is 0.398. The number of phenolic OH excluding ortho intramolecular Hbond substituents is 1. The van der Waals surface area contributed by atoms with Gasteiger partial charge < -0.3 is 14.9 Å². The Bertz CT molecular complexity index is 1140. The third kappa shape index (κ3) is 3.44. The Balaban J connectivity index is 1.41. The summed E-state index contributed by atoms with van der Waals surface area (Å²) in [4.78, 5) is 45.1. The van der Waals surface area contributed by atoms with E-state index in [4.69, 9.17) is 0 Å². The summed E-state index contributed by atoms with van der Waals surface area (Å²) in [6, 6.07) is 6.39. The van der Waals surface area contributed by atoms with Gasteiger partial charge in [0.2, 0.25) is 5.91 Å². The molecule has 0 aliphatic carbocycles. The molecule has 0 spiro atoms. The molecule has 29 heavy (non-hydrogen) atoms. The predicted octanol–water partition coefficient (Wildman–Crippen LogP) is -0.180. The zero-order valence-corrected chi connectivity index (χ0v) is 15.9. The zero-order chi connectivity index (χ0) is 20.5. The van der Waals surface area contributed by atoms with Gasteiger partial charge in [-0.25, -0.2) is 4.98 Å². The summed E-state index contributed by atoms with van der Waals surface area (Å²) in [7, 11) is 1.69. The van der Waals surface area contributed by atoms with E-state index in [-0.39, 0.29) is 35.2 Å². The minimum absolute atomic E-state index is 0.0614. The summed E-state index contributed by atoms with van der Waals surface area (Å²) in [6.07, 6.45) is 2.79. The molecule has 10 nitrogen and oxygen atoms in total. The van der Waals surface area contributed by atoms with E-state index < -0.39 is 0 Å². The minimum atomic E-state index is -0.315. The highest BCUT2D eigenvalue weighted by atomic mass is 16.3. The lowest BCUT2D eigenvalue weighted by atomic mass is 10.1. The van der Waals surface area contributed by atoms with Crippen LogP contribution in [0.1, 0.15) is 10.4 Å². The third-order valence-electron chi connectivity index (χ3n) is 5.08. The molecule has 2 amide bonds. The number of hydrogen-bond acceptors (Lipinski definition) is 6. The van der Waals surface area contributed by atoms with Gasteiger partial charge in [-0.1, -0.05) is 12.1 Å². The fraction of sp³-hybridized carbons (Fsp3) is 0.316. The molecule has 0 unspecified atom stereocenters. The number of aromatic hydroxyl groups is 1. The van der Waals surface area contributed by atoms with Crippen molar-refractivity contribution in [1.82, 2.24) is 29.1 Å². The highest BCUT2D eigenvalue weighted by Crippen LogP contribution is 2.18. The van der Waals surface area contributed by atoms with Crippen molar-refractivity contribution in [3.63, 3.8) is 0 Å². The number of para-hydroxylation sites is 1. The smallest absolute Gasteiger partial charge is 0.264 e. The van der Waals surface area contributed by atoms with Crippen LogP contribution >= 0.6 is 0 Å². The number of carbonyl (C=O) groups is 2. The number of benzene rings is 1. The van der Waals surface area contributed by atoms with Gasteiger partial charge in [0.1, 0.15) is 24.0 Å². The number of rotatable bonds is 3. The lowest BCUT2D eigenvalue weighted by Crippen LogP contribution is -2.51. The Labute approximate surface area is 165 Å². The fourth-order valence-corrected chi connectivity index (χ4v) is 3.41. The number of amides is 2. The van der Waals surface area contributed by atoms with Gasteiger partial charge in [0.15, 0.2) is 5.65 Å². The van der Waals surface area contributed by atoms with E-state index in [0.29, 0.717) is 37.2 Å². The monoisotopic (exact) mass is 396 g/mol.